The van der Waals surface area contributed by atoms with E-state index in [0.717, 1.165) is 18.4 Å². The summed E-state index contributed by atoms with van der Waals surface area (Å²) in [5.74, 6) is 0.0928. The molecule has 1 aliphatic heterocycles. The highest BCUT2D eigenvalue weighted by atomic mass is 32.1. The van der Waals surface area contributed by atoms with Gasteiger partial charge < -0.3 is 4.90 Å². The molecule has 7 heteroatoms. The van der Waals surface area contributed by atoms with Crippen molar-refractivity contribution in [3.63, 3.8) is 0 Å². The van der Waals surface area contributed by atoms with Crippen molar-refractivity contribution < 1.29 is 9.59 Å². The minimum Gasteiger partial charge on any atom is -0.334 e. The first-order valence-electron chi connectivity index (χ1n) is 7.50. The summed E-state index contributed by atoms with van der Waals surface area (Å²) >= 11 is 1.26. The Morgan fingerprint density at radius 2 is 2.00 bits per heavy atom. The van der Waals surface area contributed by atoms with Crippen molar-refractivity contribution in [2.45, 2.75) is 32.7 Å². The third-order valence-electron chi connectivity index (χ3n) is 4.45. The average molecular weight is 317 g/mol. The van der Waals surface area contributed by atoms with Gasteiger partial charge in [0.1, 0.15) is 4.83 Å². The van der Waals surface area contributed by atoms with Crippen LogP contribution in [0.3, 0.4) is 0 Å². The van der Waals surface area contributed by atoms with E-state index in [1.807, 2.05) is 6.92 Å². The molecule has 6 nitrogen and oxygen atoms in total. The minimum atomic E-state index is -0.203. The van der Waals surface area contributed by atoms with Crippen LogP contribution in [0.1, 0.15) is 45.6 Å². The van der Waals surface area contributed by atoms with Gasteiger partial charge in [0.05, 0.1) is 10.3 Å². The fourth-order valence-electron chi connectivity index (χ4n) is 3.28. The standard InChI is InChI=1S/C15H15N3O3S/c1-2-17-6-7-18-12(15(17)21)16-13-10(14(18)20)8-4-3-5-9(19)11(8)22-13/h2-7H2,1H3. The van der Waals surface area contributed by atoms with E-state index in [1.54, 1.807) is 4.90 Å². The number of carbonyl (C=O) groups is 2. The number of likely N-dealkylation sites (N-methyl/N-ethyl adjacent to an activating group) is 1. The van der Waals surface area contributed by atoms with E-state index in [0.29, 0.717) is 41.1 Å². The molecule has 2 aliphatic rings. The van der Waals surface area contributed by atoms with Crippen LogP contribution >= 0.6 is 11.3 Å². The van der Waals surface area contributed by atoms with Crippen LogP contribution in [0.4, 0.5) is 0 Å². The van der Waals surface area contributed by atoms with Crippen LogP contribution < -0.4 is 5.56 Å². The summed E-state index contributed by atoms with van der Waals surface area (Å²) in [6, 6.07) is 0. The molecule has 0 atom stereocenters. The van der Waals surface area contributed by atoms with Gasteiger partial charge in [0.2, 0.25) is 5.82 Å². The topological polar surface area (TPSA) is 72.3 Å². The number of thiophene rings is 1. The molecule has 3 heterocycles. The Kier molecular flexibility index (Phi) is 2.94. The zero-order valence-electron chi connectivity index (χ0n) is 12.2. The van der Waals surface area contributed by atoms with E-state index >= 15 is 0 Å². The molecule has 0 spiro atoms. The number of nitrogens with zero attached hydrogens (tertiary/aromatic N) is 3. The first-order chi connectivity index (χ1) is 10.6. The molecule has 1 amide bonds. The largest absolute Gasteiger partial charge is 0.334 e. The van der Waals surface area contributed by atoms with E-state index in [9.17, 15) is 14.4 Å². The fourth-order valence-corrected chi connectivity index (χ4v) is 4.46. The number of ketones is 1. The van der Waals surface area contributed by atoms with Gasteiger partial charge in [-0.3, -0.25) is 19.0 Å². The van der Waals surface area contributed by atoms with E-state index in [-0.39, 0.29) is 23.1 Å². The Balaban J connectivity index is 2.02. The number of aryl methyl sites for hydroxylation is 1. The second-order valence-corrected chi connectivity index (χ2v) is 6.64. The quantitative estimate of drug-likeness (QED) is 0.798. The summed E-state index contributed by atoms with van der Waals surface area (Å²) in [5, 5.41) is 0.551. The normalized spacial score (nSPS) is 17.8. The van der Waals surface area contributed by atoms with Gasteiger partial charge in [-0.2, -0.15) is 0 Å². The molecule has 0 saturated heterocycles. The lowest BCUT2D eigenvalue weighted by Gasteiger charge is -2.27. The van der Waals surface area contributed by atoms with Crippen LogP contribution in [-0.4, -0.2) is 39.2 Å². The average Bonchev–Trinajstić information content (AvgIpc) is 2.89. The van der Waals surface area contributed by atoms with Gasteiger partial charge in [-0.05, 0) is 25.3 Å². The number of fused-ring (bicyclic) bond motifs is 4. The van der Waals surface area contributed by atoms with Crippen LogP contribution in [-0.2, 0) is 13.0 Å². The summed E-state index contributed by atoms with van der Waals surface area (Å²) in [6.07, 6.45) is 2.05. The second-order valence-electron chi connectivity index (χ2n) is 5.64. The highest BCUT2D eigenvalue weighted by Crippen LogP contribution is 2.34. The van der Waals surface area contributed by atoms with Crippen LogP contribution in [0.2, 0.25) is 0 Å². The first kappa shape index (κ1) is 13.6. The van der Waals surface area contributed by atoms with E-state index in [4.69, 9.17) is 0 Å². The van der Waals surface area contributed by atoms with E-state index in [2.05, 4.69) is 4.98 Å². The van der Waals surface area contributed by atoms with Crippen molar-refractivity contribution in [2.24, 2.45) is 0 Å². The highest BCUT2D eigenvalue weighted by molar-refractivity contribution is 7.20. The molecule has 0 fully saturated rings. The SMILES string of the molecule is CCN1CCn2c(nc3sc4c(c3c2=O)CCCC4=O)C1=O. The van der Waals surface area contributed by atoms with Crippen LogP contribution in [0.15, 0.2) is 4.79 Å². The molecule has 2 aromatic rings. The van der Waals surface area contributed by atoms with Crippen LogP contribution in [0.25, 0.3) is 10.2 Å². The predicted octanol–water partition coefficient (Wildman–Crippen LogP) is 1.45. The monoisotopic (exact) mass is 317 g/mol. The molecule has 0 saturated carbocycles. The zero-order chi connectivity index (χ0) is 15.4. The van der Waals surface area contributed by atoms with Crippen molar-refractivity contribution in [3.05, 3.63) is 26.6 Å². The molecular weight excluding hydrogens is 302 g/mol. The Morgan fingerprint density at radius 1 is 1.18 bits per heavy atom. The summed E-state index contributed by atoms with van der Waals surface area (Å²) in [7, 11) is 0. The molecule has 4 rings (SSSR count). The molecular formula is C15H15N3O3S. The van der Waals surface area contributed by atoms with Crippen molar-refractivity contribution in [1.29, 1.82) is 0 Å². The number of aromatic nitrogens is 2. The van der Waals surface area contributed by atoms with Gasteiger partial charge in [0.25, 0.3) is 11.5 Å². The number of rotatable bonds is 1. The lowest BCUT2D eigenvalue weighted by molar-refractivity contribution is 0.0702. The second kappa shape index (κ2) is 4.74. The highest BCUT2D eigenvalue weighted by Gasteiger charge is 2.30. The number of Topliss-reactive ketones (excluding diaryl/α,β-unsaturated/α-hetero) is 1. The Morgan fingerprint density at radius 3 is 2.77 bits per heavy atom. The number of amides is 1. The van der Waals surface area contributed by atoms with Gasteiger partial charge in [-0.15, -0.1) is 11.3 Å². The third-order valence-corrected chi connectivity index (χ3v) is 5.62. The maximum absolute atomic E-state index is 12.8. The van der Waals surface area contributed by atoms with E-state index in [1.165, 1.54) is 15.9 Å². The summed E-state index contributed by atoms with van der Waals surface area (Å²) in [6.45, 7) is 3.51. The zero-order valence-corrected chi connectivity index (χ0v) is 13.0. The van der Waals surface area contributed by atoms with Gasteiger partial charge >= 0.3 is 0 Å². The van der Waals surface area contributed by atoms with E-state index < -0.39 is 0 Å². The number of hydrogen-bond acceptors (Lipinski definition) is 5. The molecule has 114 valence electrons. The lowest BCUT2D eigenvalue weighted by Crippen LogP contribution is -2.45. The number of hydrogen-bond donors (Lipinski definition) is 0. The third kappa shape index (κ3) is 1.71. The summed E-state index contributed by atoms with van der Waals surface area (Å²) < 4.78 is 1.48. The Hall–Kier alpha value is -2.02. The van der Waals surface area contributed by atoms with Crippen molar-refractivity contribution in [1.82, 2.24) is 14.5 Å². The maximum Gasteiger partial charge on any atom is 0.290 e. The van der Waals surface area contributed by atoms with Crippen LogP contribution in [0, 0.1) is 0 Å². The minimum absolute atomic E-state index is 0.0909. The molecule has 2 aromatic heterocycles. The van der Waals surface area contributed by atoms with Crippen molar-refractivity contribution in [2.75, 3.05) is 13.1 Å². The van der Waals surface area contributed by atoms with Gasteiger partial charge in [0.15, 0.2) is 5.78 Å². The lowest BCUT2D eigenvalue weighted by atomic mass is 9.96. The van der Waals surface area contributed by atoms with Gasteiger partial charge in [-0.1, -0.05) is 0 Å². The Labute approximate surface area is 130 Å². The molecule has 0 radical (unpaired) electrons. The van der Waals surface area contributed by atoms with Crippen molar-refractivity contribution >= 4 is 33.2 Å². The first-order valence-corrected chi connectivity index (χ1v) is 8.32. The molecule has 0 unspecified atom stereocenters. The maximum atomic E-state index is 12.8. The van der Waals surface area contributed by atoms with Crippen LogP contribution in [0.5, 0.6) is 0 Å². The molecule has 1 aliphatic carbocycles. The molecule has 0 aromatic carbocycles. The number of carbonyl (C=O) groups excluding carboxylic acids is 2. The molecule has 22 heavy (non-hydrogen) atoms. The summed E-state index contributed by atoms with van der Waals surface area (Å²) in [4.78, 5) is 44.6. The molecule has 0 N–H and O–H groups in total. The Bertz CT molecular complexity index is 880. The smallest absolute Gasteiger partial charge is 0.290 e. The molecule has 0 bridgehead atoms. The fraction of sp³-hybridized carbons (Fsp3) is 0.467. The van der Waals surface area contributed by atoms with Gasteiger partial charge in [-0.25, -0.2) is 4.98 Å². The summed E-state index contributed by atoms with van der Waals surface area (Å²) in [5.41, 5.74) is 0.672. The van der Waals surface area contributed by atoms with Gasteiger partial charge in [0, 0.05) is 26.1 Å². The van der Waals surface area contributed by atoms with Crippen molar-refractivity contribution in [3.8, 4) is 0 Å². The predicted molar refractivity (Wildman–Crippen MR) is 82.7 cm³/mol.